The monoisotopic (exact) mass is 444 g/mol. The van der Waals surface area contributed by atoms with Gasteiger partial charge in [0.25, 0.3) is 5.91 Å². The molecule has 0 radical (unpaired) electrons. The first-order valence-electron chi connectivity index (χ1n) is 10.2. The van der Waals surface area contributed by atoms with Gasteiger partial charge in [0.1, 0.15) is 0 Å². The molecule has 4 aromatic rings. The van der Waals surface area contributed by atoms with Gasteiger partial charge >= 0.3 is 0 Å². The predicted octanol–water partition coefficient (Wildman–Crippen LogP) is 5.16. The summed E-state index contributed by atoms with van der Waals surface area (Å²) in [6.45, 7) is 6.35. The summed E-state index contributed by atoms with van der Waals surface area (Å²) in [6, 6.07) is 17.9. The first kappa shape index (κ1) is 21.5. The van der Waals surface area contributed by atoms with Crippen LogP contribution in [0, 0.1) is 0 Å². The van der Waals surface area contributed by atoms with Gasteiger partial charge in [0.05, 0.1) is 27.1 Å². The number of benzene rings is 3. The van der Waals surface area contributed by atoms with Gasteiger partial charge in [-0.25, -0.2) is 4.98 Å². The second-order valence-electron chi connectivity index (χ2n) is 8.54. The Bertz CT molecular complexity index is 1300. The summed E-state index contributed by atoms with van der Waals surface area (Å²) in [6.07, 6.45) is 0. The molecule has 0 saturated heterocycles. The van der Waals surface area contributed by atoms with Crippen LogP contribution >= 0.6 is 11.3 Å². The molecule has 0 aliphatic heterocycles. The summed E-state index contributed by atoms with van der Waals surface area (Å²) in [4.78, 5) is 30.1. The molecule has 3 aromatic carbocycles. The van der Waals surface area contributed by atoms with Crippen molar-refractivity contribution < 1.29 is 9.59 Å². The zero-order valence-corrected chi connectivity index (χ0v) is 18.9. The van der Waals surface area contributed by atoms with Crippen LogP contribution in [0.2, 0.25) is 0 Å². The topological polar surface area (TPSA) is 97.1 Å². The number of nitrogen functional groups attached to an aromatic ring is 1. The number of carbonyl (C=O) groups excluding carboxylic acids is 2. The Kier molecular flexibility index (Phi) is 5.67. The van der Waals surface area contributed by atoms with Crippen molar-refractivity contribution in [2.24, 2.45) is 0 Å². The average molecular weight is 445 g/mol. The number of nitrogens with one attached hydrogen (secondary N) is 2. The molecule has 0 bridgehead atoms. The van der Waals surface area contributed by atoms with Crippen molar-refractivity contribution in [3.63, 3.8) is 0 Å². The van der Waals surface area contributed by atoms with Crippen molar-refractivity contribution in [1.29, 1.82) is 0 Å². The smallest absolute Gasteiger partial charge is 0.269 e. The van der Waals surface area contributed by atoms with E-state index in [1.54, 1.807) is 41.9 Å². The van der Waals surface area contributed by atoms with Crippen molar-refractivity contribution in [2.45, 2.75) is 26.2 Å². The molecule has 1 aromatic heterocycles. The molecule has 162 valence electrons. The van der Waals surface area contributed by atoms with Crippen LogP contribution in [-0.2, 0) is 5.41 Å². The standard InChI is InChI=1S/C25H24N4O2S/c1-25(2,3)17-10-7-15(8-11-17)24(31)29-28-22-18(5-4-6-19(22)26)23(30)16-9-12-20-21(13-16)32-14-27-20/h4-14,28H,26H2,1-3H3,(H,29,31). The number of thiazole rings is 1. The van der Waals surface area contributed by atoms with Crippen LogP contribution < -0.4 is 16.6 Å². The largest absolute Gasteiger partial charge is 0.397 e. The number of hydrogen-bond donors (Lipinski definition) is 3. The van der Waals surface area contributed by atoms with Gasteiger partial charge in [-0.15, -0.1) is 11.3 Å². The molecule has 7 heteroatoms. The lowest BCUT2D eigenvalue weighted by atomic mass is 9.87. The summed E-state index contributed by atoms with van der Waals surface area (Å²) in [5, 5.41) is 0. The number of carbonyl (C=O) groups is 2. The third-order valence-corrected chi connectivity index (χ3v) is 6.04. The van der Waals surface area contributed by atoms with Crippen LogP contribution in [0.3, 0.4) is 0 Å². The number of hydrazine groups is 1. The molecule has 4 N–H and O–H groups in total. The Morgan fingerprint density at radius 1 is 0.969 bits per heavy atom. The summed E-state index contributed by atoms with van der Waals surface area (Å²) in [5.74, 6) is -0.517. The predicted molar refractivity (Wildman–Crippen MR) is 130 cm³/mol. The Morgan fingerprint density at radius 2 is 1.69 bits per heavy atom. The normalized spacial score (nSPS) is 11.3. The quantitative estimate of drug-likeness (QED) is 0.224. The minimum absolute atomic E-state index is 0.00317. The molecule has 1 amide bonds. The van der Waals surface area contributed by atoms with Crippen molar-refractivity contribution in [3.05, 3.63) is 88.4 Å². The first-order chi connectivity index (χ1) is 15.2. The van der Waals surface area contributed by atoms with Crippen LogP contribution in [0.5, 0.6) is 0 Å². The number of aromatic nitrogens is 1. The maximum atomic E-state index is 13.2. The van der Waals surface area contributed by atoms with Gasteiger partial charge in [0, 0.05) is 16.7 Å². The Balaban J connectivity index is 1.55. The van der Waals surface area contributed by atoms with Crippen LogP contribution in [0.25, 0.3) is 10.2 Å². The van der Waals surface area contributed by atoms with Gasteiger partial charge in [0.15, 0.2) is 5.78 Å². The minimum Gasteiger partial charge on any atom is -0.397 e. The lowest BCUT2D eigenvalue weighted by Gasteiger charge is -2.19. The molecular formula is C25H24N4O2S. The fourth-order valence-corrected chi connectivity index (χ4v) is 4.08. The van der Waals surface area contributed by atoms with E-state index in [0.717, 1.165) is 15.8 Å². The van der Waals surface area contributed by atoms with Crippen LogP contribution in [0.1, 0.15) is 52.6 Å². The Hall–Kier alpha value is -3.71. The maximum absolute atomic E-state index is 13.2. The third kappa shape index (κ3) is 4.33. The summed E-state index contributed by atoms with van der Waals surface area (Å²) in [5.41, 5.74) is 17.5. The fourth-order valence-electron chi connectivity index (χ4n) is 3.36. The van der Waals surface area contributed by atoms with Crippen molar-refractivity contribution >= 4 is 44.6 Å². The molecule has 0 spiro atoms. The highest BCUT2D eigenvalue weighted by atomic mass is 32.1. The van der Waals surface area contributed by atoms with Gasteiger partial charge in [-0.2, -0.15) is 0 Å². The molecule has 32 heavy (non-hydrogen) atoms. The number of para-hydroxylation sites is 1. The van der Waals surface area contributed by atoms with Crippen LogP contribution in [0.4, 0.5) is 11.4 Å². The number of fused-ring (bicyclic) bond motifs is 1. The van der Waals surface area contributed by atoms with E-state index in [1.807, 2.05) is 24.3 Å². The van der Waals surface area contributed by atoms with E-state index in [-0.39, 0.29) is 17.1 Å². The molecule has 0 unspecified atom stereocenters. The molecule has 6 nitrogen and oxygen atoms in total. The number of nitrogens with two attached hydrogens (primary N) is 1. The van der Waals surface area contributed by atoms with E-state index in [2.05, 4.69) is 36.6 Å². The molecule has 1 heterocycles. The average Bonchev–Trinajstić information content (AvgIpc) is 3.25. The molecule has 0 aliphatic carbocycles. The van der Waals surface area contributed by atoms with Crippen molar-refractivity contribution in [2.75, 3.05) is 11.2 Å². The van der Waals surface area contributed by atoms with Crippen molar-refractivity contribution in [3.8, 4) is 0 Å². The molecule has 0 atom stereocenters. The number of ketones is 1. The minimum atomic E-state index is -0.321. The SMILES string of the molecule is CC(C)(C)c1ccc(C(=O)NNc2c(N)cccc2C(=O)c2ccc3ncsc3c2)cc1. The van der Waals surface area contributed by atoms with Crippen LogP contribution in [-0.4, -0.2) is 16.7 Å². The highest BCUT2D eigenvalue weighted by Crippen LogP contribution is 2.27. The fraction of sp³-hybridized carbons (Fsp3) is 0.160. The zero-order valence-electron chi connectivity index (χ0n) is 18.1. The molecule has 0 saturated carbocycles. The first-order valence-corrected chi connectivity index (χ1v) is 11.1. The number of amides is 1. The molecular weight excluding hydrogens is 420 g/mol. The van der Waals surface area contributed by atoms with Gasteiger partial charge in [-0.05, 0) is 53.4 Å². The second kappa shape index (κ2) is 8.43. The summed E-state index contributed by atoms with van der Waals surface area (Å²) in [7, 11) is 0. The van der Waals surface area contributed by atoms with E-state index < -0.39 is 0 Å². The lowest BCUT2D eigenvalue weighted by Crippen LogP contribution is -2.30. The number of rotatable bonds is 5. The zero-order chi connectivity index (χ0) is 22.9. The van der Waals surface area contributed by atoms with E-state index >= 15 is 0 Å². The molecule has 4 rings (SSSR count). The van der Waals surface area contributed by atoms with Gasteiger partial charge in [0.2, 0.25) is 0 Å². The highest BCUT2D eigenvalue weighted by Gasteiger charge is 2.18. The van der Waals surface area contributed by atoms with E-state index in [4.69, 9.17) is 5.73 Å². The van der Waals surface area contributed by atoms with Crippen LogP contribution in [0.15, 0.2) is 66.2 Å². The van der Waals surface area contributed by atoms with Gasteiger partial charge in [-0.1, -0.05) is 39.0 Å². The van der Waals surface area contributed by atoms with E-state index in [9.17, 15) is 9.59 Å². The Morgan fingerprint density at radius 3 is 2.41 bits per heavy atom. The number of hydrogen-bond acceptors (Lipinski definition) is 6. The highest BCUT2D eigenvalue weighted by molar-refractivity contribution is 7.16. The second-order valence-corrected chi connectivity index (χ2v) is 9.43. The molecule has 0 fully saturated rings. The van der Waals surface area contributed by atoms with E-state index in [1.165, 1.54) is 11.3 Å². The maximum Gasteiger partial charge on any atom is 0.269 e. The lowest BCUT2D eigenvalue weighted by molar-refractivity contribution is 0.0960. The van der Waals surface area contributed by atoms with E-state index in [0.29, 0.717) is 28.1 Å². The van der Waals surface area contributed by atoms with Gasteiger partial charge in [-0.3, -0.25) is 20.4 Å². The van der Waals surface area contributed by atoms with Crippen molar-refractivity contribution in [1.82, 2.24) is 10.4 Å². The number of nitrogens with zero attached hydrogens (tertiary/aromatic N) is 1. The number of anilines is 2. The van der Waals surface area contributed by atoms with Gasteiger partial charge < -0.3 is 5.73 Å². The Labute approximate surface area is 190 Å². The molecule has 0 aliphatic rings. The summed E-state index contributed by atoms with van der Waals surface area (Å²) < 4.78 is 0.932. The summed E-state index contributed by atoms with van der Waals surface area (Å²) >= 11 is 1.47. The third-order valence-electron chi connectivity index (χ3n) is 5.25.